The smallest absolute Gasteiger partial charge is 0.225 e. The molecule has 1 N–H and O–H groups in total. The number of aromatic nitrogens is 3. The molecule has 2 atom stereocenters. The van der Waals surface area contributed by atoms with E-state index >= 15 is 0 Å². The Kier molecular flexibility index (Phi) is 4.72. The average molecular weight is 328 g/mol. The molecule has 120 valence electrons. The van der Waals surface area contributed by atoms with Crippen LogP contribution in [-0.4, -0.2) is 32.1 Å². The van der Waals surface area contributed by atoms with Crippen LogP contribution < -0.4 is 4.74 Å². The minimum Gasteiger partial charge on any atom is -0.490 e. The summed E-state index contributed by atoms with van der Waals surface area (Å²) in [5, 5.41) is 15.2. The standard InChI is InChI=1S/C15H19ClFN3O2/c1-14(2,3)15(21,13(17)20-10-18-9-19-20)8-22-12-6-4-11(16)5-7-12/h4-7,9-10,13,21H,8H2,1-3H3. The first-order chi connectivity index (χ1) is 10.2. The molecule has 0 fully saturated rings. The summed E-state index contributed by atoms with van der Waals surface area (Å²) in [5.74, 6) is 0.498. The highest BCUT2D eigenvalue weighted by Crippen LogP contribution is 2.40. The van der Waals surface area contributed by atoms with Crippen LogP contribution in [-0.2, 0) is 0 Å². The Morgan fingerprint density at radius 1 is 1.32 bits per heavy atom. The summed E-state index contributed by atoms with van der Waals surface area (Å²) in [5.41, 5.74) is -2.58. The molecule has 2 unspecified atom stereocenters. The van der Waals surface area contributed by atoms with E-state index in [-0.39, 0.29) is 6.61 Å². The van der Waals surface area contributed by atoms with Crippen LogP contribution in [0.4, 0.5) is 4.39 Å². The van der Waals surface area contributed by atoms with Crippen LogP contribution in [0.15, 0.2) is 36.9 Å². The molecule has 0 aliphatic carbocycles. The molecule has 0 radical (unpaired) electrons. The summed E-state index contributed by atoms with van der Waals surface area (Å²) in [6.07, 6.45) is 0.654. The highest BCUT2D eigenvalue weighted by Gasteiger charge is 2.50. The minimum absolute atomic E-state index is 0.237. The van der Waals surface area contributed by atoms with Crippen LogP contribution in [0, 0.1) is 5.41 Å². The van der Waals surface area contributed by atoms with E-state index in [2.05, 4.69) is 10.1 Å². The first kappa shape index (κ1) is 16.7. The fourth-order valence-corrected chi connectivity index (χ4v) is 2.05. The maximum absolute atomic E-state index is 14.8. The number of hydrogen-bond acceptors (Lipinski definition) is 4. The van der Waals surface area contributed by atoms with Crippen molar-refractivity contribution in [1.82, 2.24) is 14.8 Å². The van der Waals surface area contributed by atoms with Crippen LogP contribution in [0.2, 0.25) is 5.02 Å². The molecule has 5 nitrogen and oxygen atoms in total. The summed E-state index contributed by atoms with van der Waals surface area (Å²) in [6.45, 7) is 4.98. The molecule has 0 aliphatic heterocycles. The van der Waals surface area contributed by atoms with Gasteiger partial charge in [-0.15, -0.1) is 0 Å². The number of hydrogen-bond donors (Lipinski definition) is 1. The van der Waals surface area contributed by atoms with Gasteiger partial charge in [-0.1, -0.05) is 32.4 Å². The Hall–Kier alpha value is -1.66. The third kappa shape index (κ3) is 3.39. The molecule has 0 amide bonds. The average Bonchev–Trinajstić information content (AvgIpc) is 2.98. The Bertz CT molecular complexity index is 598. The van der Waals surface area contributed by atoms with Crippen molar-refractivity contribution in [1.29, 1.82) is 0 Å². The summed E-state index contributed by atoms with van der Waals surface area (Å²) in [4.78, 5) is 3.71. The van der Waals surface area contributed by atoms with Gasteiger partial charge in [0.2, 0.25) is 6.30 Å². The topological polar surface area (TPSA) is 60.2 Å². The third-order valence-electron chi connectivity index (χ3n) is 3.63. The second-order valence-corrected chi connectivity index (χ2v) is 6.56. The molecule has 0 spiro atoms. The molecule has 2 rings (SSSR count). The maximum atomic E-state index is 14.8. The molecule has 2 aromatic rings. The zero-order valence-electron chi connectivity index (χ0n) is 12.7. The summed E-state index contributed by atoms with van der Waals surface area (Å²) in [7, 11) is 0. The number of benzene rings is 1. The zero-order valence-corrected chi connectivity index (χ0v) is 13.5. The maximum Gasteiger partial charge on any atom is 0.225 e. The molecule has 1 heterocycles. The van der Waals surface area contributed by atoms with Crippen LogP contribution in [0.5, 0.6) is 5.75 Å². The summed E-state index contributed by atoms with van der Waals surface area (Å²) in [6, 6.07) is 6.65. The third-order valence-corrected chi connectivity index (χ3v) is 3.89. The van der Waals surface area contributed by atoms with Crippen molar-refractivity contribution in [3.63, 3.8) is 0 Å². The summed E-state index contributed by atoms with van der Waals surface area (Å²) < 4.78 is 21.3. The lowest BCUT2D eigenvalue weighted by Crippen LogP contribution is -2.53. The van der Waals surface area contributed by atoms with Gasteiger partial charge in [0.15, 0.2) is 5.60 Å². The van der Waals surface area contributed by atoms with Crippen LogP contribution in [0.25, 0.3) is 0 Å². The highest BCUT2D eigenvalue weighted by atomic mass is 35.5. The van der Waals surface area contributed by atoms with Gasteiger partial charge in [0.25, 0.3) is 0 Å². The van der Waals surface area contributed by atoms with Gasteiger partial charge < -0.3 is 9.84 Å². The quantitative estimate of drug-likeness (QED) is 0.915. The van der Waals surface area contributed by atoms with E-state index in [0.717, 1.165) is 4.68 Å². The minimum atomic E-state index is -1.79. The normalized spacial score (nSPS) is 16.1. The van der Waals surface area contributed by atoms with Gasteiger partial charge >= 0.3 is 0 Å². The SMILES string of the molecule is CC(C)(C)C(O)(COc1ccc(Cl)cc1)C(F)n1cncn1. The van der Waals surface area contributed by atoms with Gasteiger partial charge in [-0.3, -0.25) is 0 Å². The number of nitrogens with zero attached hydrogens (tertiary/aromatic N) is 3. The van der Waals surface area contributed by atoms with Crippen molar-refractivity contribution < 1.29 is 14.2 Å². The second kappa shape index (κ2) is 6.22. The molecule has 1 aromatic heterocycles. The van der Waals surface area contributed by atoms with Crippen molar-refractivity contribution in [3.8, 4) is 5.75 Å². The molecule has 7 heteroatoms. The fourth-order valence-electron chi connectivity index (χ4n) is 1.92. The van der Waals surface area contributed by atoms with Crippen LogP contribution >= 0.6 is 11.6 Å². The van der Waals surface area contributed by atoms with E-state index in [1.807, 2.05) is 0 Å². The molecule has 0 saturated carbocycles. The Labute approximate surface area is 133 Å². The van der Waals surface area contributed by atoms with Crippen molar-refractivity contribution in [3.05, 3.63) is 41.9 Å². The highest BCUT2D eigenvalue weighted by molar-refractivity contribution is 6.30. The van der Waals surface area contributed by atoms with Gasteiger partial charge in [-0.2, -0.15) is 5.10 Å². The molecular formula is C15H19ClFN3O2. The number of halogens is 2. The molecule has 22 heavy (non-hydrogen) atoms. The van der Waals surface area contributed by atoms with Crippen molar-refractivity contribution in [2.45, 2.75) is 32.7 Å². The summed E-state index contributed by atoms with van der Waals surface area (Å²) >= 11 is 5.81. The Morgan fingerprint density at radius 3 is 2.45 bits per heavy atom. The van der Waals surface area contributed by atoms with E-state index in [0.29, 0.717) is 10.8 Å². The molecule has 0 bridgehead atoms. The number of aliphatic hydroxyl groups is 1. The number of ether oxygens (including phenoxy) is 1. The first-order valence-electron chi connectivity index (χ1n) is 6.83. The van der Waals surface area contributed by atoms with Crippen molar-refractivity contribution in [2.75, 3.05) is 6.61 Å². The zero-order chi connectivity index (χ0) is 16.4. The second-order valence-electron chi connectivity index (χ2n) is 6.13. The predicted molar refractivity (Wildman–Crippen MR) is 81.5 cm³/mol. The lowest BCUT2D eigenvalue weighted by Gasteiger charge is -2.41. The lowest BCUT2D eigenvalue weighted by atomic mass is 9.76. The van der Waals surface area contributed by atoms with E-state index in [4.69, 9.17) is 16.3 Å². The molecular weight excluding hydrogens is 309 g/mol. The van der Waals surface area contributed by atoms with Gasteiger partial charge in [-0.25, -0.2) is 14.1 Å². The van der Waals surface area contributed by atoms with E-state index < -0.39 is 17.3 Å². The monoisotopic (exact) mass is 327 g/mol. The number of rotatable bonds is 5. The number of alkyl halides is 1. The van der Waals surface area contributed by atoms with Gasteiger partial charge in [-0.05, 0) is 29.7 Å². The predicted octanol–water partition coefficient (Wildman–Crippen LogP) is 3.26. The molecule has 1 aromatic carbocycles. The largest absolute Gasteiger partial charge is 0.490 e. The Morgan fingerprint density at radius 2 is 1.95 bits per heavy atom. The first-order valence-corrected chi connectivity index (χ1v) is 7.21. The van der Waals surface area contributed by atoms with Crippen LogP contribution in [0.1, 0.15) is 27.1 Å². The fraction of sp³-hybridized carbons (Fsp3) is 0.467. The lowest BCUT2D eigenvalue weighted by molar-refractivity contribution is -0.164. The van der Waals surface area contributed by atoms with Gasteiger partial charge in [0, 0.05) is 5.02 Å². The van der Waals surface area contributed by atoms with E-state index in [1.165, 1.54) is 12.7 Å². The molecule has 0 saturated heterocycles. The Balaban J connectivity index is 2.20. The van der Waals surface area contributed by atoms with Gasteiger partial charge in [0.1, 0.15) is 25.0 Å². The van der Waals surface area contributed by atoms with E-state index in [9.17, 15) is 9.50 Å². The van der Waals surface area contributed by atoms with Crippen LogP contribution in [0.3, 0.4) is 0 Å². The van der Waals surface area contributed by atoms with Crippen molar-refractivity contribution >= 4 is 11.6 Å². The van der Waals surface area contributed by atoms with Crippen molar-refractivity contribution in [2.24, 2.45) is 5.41 Å². The molecule has 0 aliphatic rings. The van der Waals surface area contributed by atoms with Gasteiger partial charge in [0.05, 0.1) is 0 Å². The van der Waals surface area contributed by atoms with E-state index in [1.54, 1.807) is 45.0 Å².